The quantitative estimate of drug-likeness (QED) is 0.587. The lowest BCUT2D eigenvalue weighted by Gasteiger charge is -2.40. The number of hydrogen-bond acceptors (Lipinski definition) is 5. The fraction of sp³-hybridized carbons (Fsp3) is 0.227. The van der Waals surface area contributed by atoms with E-state index in [0.717, 1.165) is 0 Å². The standard InChI is InChI=1S/C22H18ClFN4O2/c1-2-18(29)27-7-8-28-13(10-27)11-30-21-19-17(25-12-26-22(19)28)9-15(20(21)23)14-5-3-4-6-16(14)24/h2-6,9,12-13H,1,7-8,10-11H2/t13-/m0/s1. The lowest BCUT2D eigenvalue weighted by Crippen LogP contribution is -2.56. The fourth-order valence-electron chi connectivity index (χ4n) is 4.16. The van der Waals surface area contributed by atoms with Crippen LogP contribution in [-0.2, 0) is 4.79 Å². The van der Waals surface area contributed by atoms with Crippen LogP contribution in [0.1, 0.15) is 0 Å². The number of benzene rings is 2. The molecule has 0 spiro atoms. The Kier molecular flexibility index (Phi) is 4.55. The van der Waals surface area contributed by atoms with Crippen LogP contribution in [0.15, 0.2) is 49.3 Å². The Hall–Kier alpha value is -3.19. The van der Waals surface area contributed by atoms with E-state index in [1.54, 1.807) is 29.2 Å². The van der Waals surface area contributed by atoms with Crippen LogP contribution in [0.5, 0.6) is 5.75 Å². The highest BCUT2D eigenvalue weighted by Gasteiger charge is 2.35. The van der Waals surface area contributed by atoms with Gasteiger partial charge in [0.1, 0.15) is 24.6 Å². The molecule has 1 amide bonds. The Morgan fingerprint density at radius 2 is 2.10 bits per heavy atom. The lowest BCUT2D eigenvalue weighted by molar-refractivity contribution is -0.126. The Morgan fingerprint density at radius 3 is 2.90 bits per heavy atom. The summed E-state index contributed by atoms with van der Waals surface area (Å²) in [5.74, 6) is 0.679. The van der Waals surface area contributed by atoms with Crippen molar-refractivity contribution in [2.24, 2.45) is 0 Å². The van der Waals surface area contributed by atoms with Crippen molar-refractivity contribution >= 4 is 34.2 Å². The maximum atomic E-state index is 14.5. The molecule has 3 aromatic rings. The second-order valence-electron chi connectivity index (χ2n) is 7.29. The van der Waals surface area contributed by atoms with E-state index in [1.807, 2.05) is 0 Å². The average Bonchev–Trinajstić information content (AvgIpc) is 2.94. The number of carbonyl (C=O) groups excluding carboxylic acids is 1. The topological polar surface area (TPSA) is 58.6 Å². The minimum Gasteiger partial charge on any atom is -0.489 e. The average molecular weight is 425 g/mol. The monoisotopic (exact) mass is 424 g/mol. The van der Waals surface area contributed by atoms with Gasteiger partial charge >= 0.3 is 0 Å². The van der Waals surface area contributed by atoms with Gasteiger partial charge in [-0.15, -0.1) is 0 Å². The number of nitrogens with zero attached hydrogens (tertiary/aromatic N) is 4. The summed E-state index contributed by atoms with van der Waals surface area (Å²) in [5.41, 5.74) is 1.53. The maximum Gasteiger partial charge on any atom is 0.246 e. The van der Waals surface area contributed by atoms with Crippen LogP contribution < -0.4 is 9.64 Å². The Labute approximate surface area is 177 Å². The molecule has 1 atom stereocenters. The molecular formula is C22H18ClFN4O2. The molecule has 152 valence electrons. The number of piperazine rings is 1. The number of anilines is 1. The number of amides is 1. The van der Waals surface area contributed by atoms with Crippen molar-refractivity contribution in [1.82, 2.24) is 14.9 Å². The van der Waals surface area contributed by atoms with Crippen molar-refractivity contribution in [3.8, 4) is 16.9 Å². The van der Waals surface area contributed by atoms with E-state index in [0.29, 0.717) is 64.9 Å². The van der Waals surface area contributed by atoms with Gasteiger partial charge in [-0.3, -0.25) is 4.79 Å². The van der Waals surface area contributed by atoms with Gasteiger partial charge in [-0.25, -0.2) is 14.4 Å². The van der Waals surface area contributed by atoms with Crippen molar-refractivity contribution in [1.29, 1.82) is 0 Å². The molecule has 0 N–H and O–H groups in total. The van der Waals surface area contributed by atoms with E-state index in [-0.39, 0.29) is 17.8 Å². The summed E-state index contributed by atoms with van der Waals surface area (Å²) in [5, 5.41) is 1.02. The predicted molar refractivity (Wildman–Crippen MR) is 113 cm³/mol. The van der Waals surface area contributed by atoms with Gasteiger partial charge in [0, 0.05) is 30.8 Å². The van der Waals surface area contributed by atoms with E-state index >= 15 is 0 Å². The molecule has 6 nitrogen and oxygen atoms in total. The molecule has 1 saturated heterocycles. The van der Waals surface area contributed by atoms with Crippen LogP contribution >= 0.6 is 11.6 Å². The second-order valence-corrected chi connectivity index (χ2v) is 7.66. The van der Waals surface area contributed by atoms with Gasteiger partial charge in [0.15, 0.2) is 5.75 Å². The van der Waals surface area contributed by atoms with Crippen LogP contribution in [0.25, 0.3) is 22.0 Å². The minimum atomic E-state index is -0.371. The Bertz CT molecular complexity index is 1190. The number of ether oxygens (including phenoxy) is 1. The lowest BCUT2D eigenvalue weighted by atomic mass is 10.0. The Morgan fingerprint density at radius 1 is 1.27 bits per heavy atom. The fourth-order valence-corrected chi connectivity index (χ4v) is 4.47. The van der Waals surface area contributed by atoms with E-state index in [2.05, 4.69) is 21.4 Å². The van der Waals surface area contributed by atoms with Gasteiger partial charge in [-0.1, -0.05) is 36.4 Å². The zero-order chi connectivity index (χ0) is 20.8. The number of carbonyl (C=O) groups is 1. The molecule has 0 saturated carbocycles. The van der Waals surface area contributed by atoms with Gasteiger partial charge in [-0.05, 0) is 18.2 Å². The molecule has 3 heterocycles. The molecule has 8 heteroatoms. The summed E-state index contributed by atoms with van der Waals surface area (Å²) in [4.78, 5) is 24.9. The first-order valence-electron chi connectivity index (χ1n) is 9.61. The summed E-state index contributed by atoms with van der Waals surface area (Å²) in [6.45, 7) is 5.54. The SMILES string of the molecule is C=CC(=O)N1CCN2c3ncnc4cc(-c5ccccc5F)c(Cl)c(c34)OC[C@@H]2C1. The summed E-state index contributed by atoms with van der Waals surface area (Å²) in [6.07, 6.45) is 2.81. The first kappa shape index (κ1) is 18.8. The molecule has 0 bridgehead atoms. The van der Waals surface area contributed by atoms with Crippen LogP contribution in [0.2, 0.25) is 5.02 Å². The first-order valence-corrected chi connectivity index (χ1v) is 9.99. The molecule has 0 aliphatic carbocycles. The smallest absolute Gasteiger partial charge is 0.246 e. The van der Waals surface area contributed by atoms with Gasteiger partial charge in [0.2, 0.25) is 5.91 Å². The van der Waals surface area contributed by atoms with Crippen molar-refractivity contribution in [2.45, 2.75) is 6.04 Å². The highest BCUT2D eigenvalue weighted by molar-refractivity contribution is 6.36. The van der Waals surface area contributed by atoms with Gasteiger partial charge in [-0.2, -0.15) is 0 Å². The van der Waals surface area contributed by atoms with Crippen molar-refractivity contribution in [2.75, 3.05) is 31.1 Å². The number of aromatic nitrogens is 2. The highest BCUT2D eigenvalue weighted by atomic mass is 35.5. The molecule has 1 aromatic heterocycles. The van der Waals surface area contributed by atoms with Gasteiger partial charge in [0.05, 0.1) is 22.0 Å². The van der Waals surface area contributed by atoms with E-state index < -0.39 is 0 Å². The second kappa shape index (κ2) is 7.25. The van der Waals surface area contributed by atoms with Crippen LogP contribution in [-0.4, -0.2) is 53.1 Å². The van der Waals surface area contributed by atoms with Crippen LogP contribution in [0.3, 0.4) is 0 Å². The molecule has 1 fully saturated rings. The molecular weight excluding hydrogens is 407 g/mol. The number of rotatable bonds is 2. The van der Waals surface area contributed by atoms with Crippen LogP contribution in [0, 0.1) is 5.82 Å². The first-order chi connectivity index (χ1) is 14.6. The number of hydrogen-bond donors (Lipinski definition) is 0. The summed E-state index contributed by atoms with van der Waals surface area (Å²) < 4.78 is 20.6. The predicted octanol–water partition coefficient (Wildman–Crippen LogP) is 3.68. The third kappa shape index (κ3) is 2.89. The molecule has 30 heavy (non-hydrogen) atoms. The Balaban J connectivity index is 1.65. The molecule has 0 radical (unpaired) electrons. The maximum absolute atomic E-state index is 14.5. The molecule has 5 rings (SSSR count). The van der Waals surface area contributed by atoms with Crippen molar-refractivity contribution in [3.05, 3.63) is 60.2 Å². The number of fused-ring (bicyclic) bond motifs is 2. The normalized spacial score (nSPS) is 17.9. The van der Waals surface area contributed by atoms with Crippen molar-refractivity contribution < 1.29 is 13.9 Å². The van der Waals surface area contributed by atoms with E-state index in [9.17, 15) is 9.18 Å². The molecule has 2 aliphatic heterocycles. The van der Waals surface area contributed by atoms with Gasteiger partial charge in [0.25, 0.3) is 0 Å². The van der Waals surface area contributed by atoms with E-state index in [1.165, 1.54) is 18.5 Å². The zero-order valence-corrected chi connectivity index (χ0v) is 16.8. The summed E-state index contributed by atoms with van der Waals surface area (Å²) in [6, 6.07) is 8.14. The minimum absolute atomic E-state index is 0.0962. The summed E-state index contributed by atoms with van der Waals surface area (Å²) >= 11 is 6.73. The zero-order valence-electron chi connectivity index (χ0n) is 16.0. The third-order valence-corrected chi connectivity index (χ3v) is 6.00. The highest BCUT2D eigenvalue weighted by Crippen LogP contribution is 2.46. The molecule has 2 aromatic carbocycles. The summed E-state index contributed by atoms with van der Waals surface area (Å²) in [7, 11) is 0. The molecule has 0 unspecified atom stereocenters. The van der Waals surface area contributed by atoms with Crippen LogP contribution in [0.4, 0.5) is 10.2 Å². The van der Waals surface area contributed by atoms with E-state index in [4.69, 9.17) is 16.3 Å². The molecule has 2 aliphatic rings. The third-order valence-electron chi connectivity index (χ3n) is 5.63. The van der Waals surface area contributed by atoms with Gasteiger partial charge < -0.3 is 14.5 Å². The number of halogens is 2. The van der Waals surface area contributed by atoms with Crippen molar-refractivity contribution in [3.63, 3.8) is 0 Å². The largest absolute Gasteiger partial charge is 0.489 e.